The molecular weight excluding hydrogens is 2120 g/mol. The van der Waals surface area contributed by atoms with Gasteiger partial charge >= 0.3 is 106 Å². The van der Waals surface area contributed by atoms with Gasteiger partial charge in [0.1, 0.15) is 23.4 Å². The summed E-state index contributed by atoms with van der Waals surface area (Å²) in [5.41, 5.74) is 13.6. The summed E-state index contributed by atoms with van der Waals surface area (Å²) in [6, 6.07) is 76.4. The predicted molar refractivity (Wildman–Crippen MR) is 542 cm³/mol. The zero-order valence-electron chi connectivity index (χ0n) is 74.0. The van der Waals surface area contributed by atoms with Crippen LogP contribution in [0.5, 0.6) is 0 Å². The summed E-state index contributed by atoms with van der Waals surface area (Å²) in [7, 11) is 3.67. The maximum Gasteiger partial charge on any atom is 0.0949 e. The number of fused-ring (bicyclic) bond motifs is 3. The summed E-state index contributed by atoms with van der Waals surface area (Å²) >= 11 is 10.0. The molecule has 24 heteroatoms. The Bertz CT molecular complexity index is 5270. The third kappa shape index (κ3) is 37.3. The summed E-state index contributed by atoms with van der Waals surface area (Å²) in [5.74, 6) is 1.11. The normalized spacial score (nSPS) is 9.63. The maximum absolute atomic E-state index is 13.4. The van der Waals surface area contributed by atoms with Crippen molar-refractivity contribution in [2.75, 3.05) is 14.2 Å². The van der Waals surface area contributed by atoms with Gasteiger partial charge in [-0.25, -0.2) is 44.7 Å². The van der Waals surface area contributed by atoms with Crippen LogP contribution < -0.4 is 18.9 Å². The second-order valence-electron chi connectivity index (χ2n) is 22.9. The molecule has 653 valence electrons. The molecular formula is C98H125I5N13O5V-. The fourth-order valence-corrected chi connectivity index (χ4v) is 11.2. The van der Waals surface area contributed by atoms with Gasteiger partial charge in [-0.15, -0.1) is 0 Å². The van der Waals surface area contributed by atoms with Crippen LogP contribution >= 0.6 is 77.2 Å². The number of aliphatic hydroxyl groups excluding tert-OH is 1. The van der Waals surface area contributed by atoms with E-state index >= 15 is 0 Å². The number of imidazole rings is 3. The molecule has 0 bridgehead atoms. The summed E-state index contributed by atoms with van der Waals surface area (Å²) in [5, 5.41) is 14.8. The Morgan fingerprint density at radius 1 is 0.475 bits per heavy atom. The van der Waals surface area contributed by atoms with Gasteiger partial charge in [-0.2, -0.15) is 4.98 Å². The van der Waals surface area contributed by atoms with E-state index in [0.717, 1.165) is 72.9 Å². The second kappa shape index (κ2) is 69.1. The van der Waals surface area contributed by atoms with E-state index in [2.05, 4.69) is 139 Å². The molecule has 122 heavy (non-hydrogen) atoms. The number of hydrogen-bond acceptors (Lipinski definition) is 13. The number of carbonyl (C=O) groups is 2. The molecule has 15 aromatic rings. The molecule has 1 amide bonds. The Morgan fingerprint density at radius 3 is 1.27 bits per heavy atom. The fraction of sp³-hybridized carbons (Fsp3) is 0.276. The van der Waals surface area contributed by atoms with E-state index in [9.17, 15) is 19.5 Å². The molecule has 0 aliphatic rings. The topological polar surface area (TPSA) is 218 Å². The number of halogens is 5. The number of benzene rings is 9. The molecule has 0 aliphatic heterocycles. The second-order valence-corrected chi connectivity index (χ2v) is 50.9. The van der Waals surface area contributed by atoms with Gasteiger partial charge in [0.15, 0.2) is 0 Å². The molecule has 0 spiro atoms. The van der Waals surface area contributed by atoms with Crippen LogP contribution in [-0.4, -0.2) is 94.6 Å². The van der Waals surface area contributed by atoms with Crippen LogP contribution in [0.2, 0.25) is 0 Å². The molecule has 6 heterocycles. The molecule has 0 fully saturated rings. The van der Waals surface area contributed by atoms with Gasteiger partial charge in [0.05, 0.1) is 77.8 Å². The summed E-state index contributed by atoms with van der Waals surface area (Å²) in [6.07, 6.45) is 11.4. The van der Waals surface area contributed by atoms with Crippen molar-refractivity contribution in [3.63, 3.8) is 0 Å². The Hall–Kier alpha value is -8.28. The van der Waals surface area contributed by atoms with E-state index < -0.39 is 11.8 Å². The van der Waals surface area contributed by atoms with Crippen molar-refractivity contribution in [2.24, 2.45) is 0 Å². The Balaban J connectivity index is 0.00000151. The summed E-state index contributed by atoms with van der Waals surface area (Å²) < 4.78 is 5.87. The number of aryl methyl sites for hydroxylation is 2. The van der Waals surface area contributed by atoms with Crippen LogP contribution in [0.1, 0.15) is 204 Å². The number of carbonyl (C=O) groups excluding carboxylic acids is 2. The zero-order valence-corrected chi connectivity index (χ0v) is 86.2. The molecule has 9 aromatic carbocycles. The van der Waals surface area contributed by atoms with Gasteiger partial charge in [-0.3, -0.25) is 14.4 Å². The number of H-pyrrole nitrogens is 1. The molecule has 1 atom stereocenters. The number of amides is 1. The Labute approximate surface area is 785 Å². The van der Waals surface area contributed by atoms with Crippen molar-refractivity contribution in [3.05, 3.63) is 347 Å². The van der Waals surface area contributed by atoms with Crippen LogP contribution in [0, 0.1) is 13.8 Å². The quantitative estimate of drug-likeness (QED) is 0.0555. The average Bonchev–Trinajstić information content (AvgIpc) is 1.77. The molecule has 0 saturated carbocycles. The van der Waals surface area contributed by atoms with Gasteiger partial charge in [0.25, 0.3) is 5.91 Å². The summed E-state index contributed by atoms with van der Waals surface area (Å²) in [6.45, 7) is 41.9. The van der Waals surface area contributed by atoms with Crippen molar-refractivity contribution in [2.45, 2.75) is 172 Å². The number of nitrogens with one attached hydrogen (secondary N) is 1. The zero-order chi connectivity index (χ0) is 90.5. The number of hydroxylamine groups is 2. The predicted octanol–water partition coefficient (Wildman–Crippen LogP) is 24.6. The number of hydrogen-bond donors (Lipinski definition) is 2. The number of rotatable bonds is 15. The van der Waals surface area contributed by atoms with Crippen LogP contribution in [-0.2, 0) is 33.9 Å². The molecule has 6 aromatic heterocycles. The minimum Gasteiger partial charge on any atom is -0.333 e. The number of ketones is 1. The van der Waals surface area contributed by atoms with E-state index in [0.29, 0.717) is 86.7 Å². The van der Waals surface area contributed by atoms with Crippen LogP contribution in [0.3, 0.4) is 0 Å². The number of aliphatic hydroxyl groups is 1. The van der Waals surface area contributed by atoms with Gasteiger partial charge in [0.2, 0.25) is 5.78 Å². The molecule has 0 aliphatic carbocycles. The summed E-state index contributed by atoms with van der Waals surface area (Å²) in [4.78, 5) is 80.4. The van der Waals surface area contributed by atoms with Gasteiger partial charge in [-0.05, 0) is 84.6 Å². The number of aromatic nitrogens is 12. The van der Waals surface area contributed by atoms with Crippen molar-refractivity contribution < 1.29 is 42.3 Å². The monoisotopic (exact) mass is 2250 g/mol. The van der Waals surface area contributed by atoms with E-state index in [1.807, 2.05) is 372 Å². The van der Waals surface area contributed by atoms with Crippen molar-refractivity contribution in [1.82, 2.24) is 63.6 Å². The van der Waals surface area contributed by atoms with Gasteiger partial charge in [-0.1, -0.05) is 320 Å². The van der Waals surface area contributed by atoms with E-state index in [4.69, 9.17) is 4.84 Å². The van der Waals surface area contributed by atoms with Crippen LogP contribution in [0.4, 0.5) is 0 Å². The standard InChI is InChI=1S/C26H20N4O.C25H20N4O2.C18H17N3O2.C10H10N2.9C2H6.CH4.I3.2HI.V/c1-18-28-23-13-12-21(14-22(23)25(29-18)20-10-6-3-7-11-20)26(31)24-15-27-17-30(24)16-19-8-4-2-5-9-19;30-24(22-14-26-16-29(22)15-17-7-3-1-4-8-17)19-11-12-21-20(13-19)23(28-25(31)27-21)18-9-5-2-6-10-18;1-12-19-16-10-9-14(18(22)21(2)23-3)11-15(16)17(20-12)13-7-5-4-6-8-13;1-2-4-10(5-3-1)8-12-7-6-11-9-12;9*1-2;;1-3-2;;;/h2-15,17H,16H2,1H3;1-14,16,24,30H,15H2,(H,27,28,31);4-11H,1-3H3;1-7,9H,8H2;9*1-2H3;1H4;;2*1H;/q;;;;;;;;;;;;;;-1;;;+2/p-2. The molecule has 18 nitrogen and oxygen atoms in total. The maximum atomic E-state index is 13.4. The minimum atomic E-state index is -0.869. The van der Waals surface area contributed by atoms with Crippen molar-refractivity contribution in [3.8, 4) is 33.8 Å². The Morgan fingerprint density at radius 2 is 0.852 bits per heavy atom. The third-order valence-electron chi connectivity index (χ3n) is 16.0. The minimum absolute atomic E-state index is 0. The third-order valence-corrected chi connectivity index (χ3v) is 16.0. The molecule has 0 radical (unpaired) electrons. The van der Waals surface area contributed by atoms with E-state index in [-0.39, 0.29) is 19.1 Å². The largest absolute Gasteiger partial charge is 0.333 e. The van der Waals surface area contributed by atoms with Crippen molar-refractivity contribution >= 4 is 122 Å². The molecule has 1 unspecified atom stereocenters. The van der Waals surface area contributed by atoms with Gasteiger partial charge in [0, 0.05) is 83.1 Å². The van der Waals surface area contributed by atoms with Crippen LogP contribution in [0.25, 0.3) is 66.5 Å². The first-order chi connectivity index (χ1) is 59.2. The van der Waals surface area contributed by atoms with Crippen molar-refractivity contribution in [1.29, 1.82) is 0 Å². The first-order valence-corrected chi connectivity index (χ1v) is 62.5. The molecule has 2 N–H and O–H groups in total. The number of nitrogens with zero attached hydrogens (tertiary/aromatic N) is 12. The van der Waals surface area contributed by atoms with E-state index in [1.165, 1.54) is 17.7 Å². The average molecular weight is 2250 g/mol. The smallest absolute Gasteiger partial charge is 0.0949 e. The fourth-order valence-electron chi connectivity index (χ4n) is 11.2. The molecule has 15 rings (SSSR count). The van der Waals surface area contributed by atoms with Crippen LogP contribution in [0.15, 0.2) is 285 Å². The molecule has 0 saturated heterocycles. The first-order valence-electron chi connectivity index (χ1n) is 40.9. The SMILES string of the molecule is C.CC.CC.CC.CC.CC.CC.CC.CC.CC.CON(C)C(=O)c1ccc2nc(C)nc(-c3ccccc3)c2c1.Cc1nc(-c2ccccc2)c2cc(C(=O)c3cncn3Cc3ccccc3)ccc2n1.I[I-]I.O=c1nc(-c2ccccc2)c2cc(C(O)c3cncn3Cc3ccccc3)ccc2[nH]1.[I][V][I].c1ccc(Cn2ccnc2)cc1. The Kier molecular flexibility index (Phi) is 64.4. The number of aromatic amines is 1. The first kappa shape index (κ1) is 114. The van der Waals surface area contributed by atoms with E-state index in [1.54, 1.807) is 50.4 Å². The van der Waals surface area contributed by atoms with Gasteiger partial charge < -0.3 is 23.8 Å².